The molecule has 7 heteroatoms. The second kappa shape index (κ2) is 12.6. The highest BCUT2D eigenvalue weighted by Gasteiger charge is 2.25. The molecule has 148 valence electrons. The zero-order chi connectivity index (χ0) is 17.4. The maximum atomic E-state index is 4.87. The Morgan fingerprint density at radius 3 is 2.48 bits per heavy atom. The van der Waals surface area contributed by atoms with Crippen LogP contribution in [0.2, 0.25) is 0 Å². The molecule has 1 heterocycles. The van der Waals surface area contributed by atoms with Gasteiger partial charge in [-0.2, -0.15) is 11.8 Å². The van der Waals surface area contributed by atoms with Crippen molar-refractivity contribution in [3.63, 3.8) is 0 Å². The van der Waals surface area contributed by atoms with Gasteiger partial charge in [0.05, 0.1) is 6.54 Å². The molecule has 0 radical (unpaired) electrons. The van der Waals surface area contributed by atoms with Crippen LogP contribution in [0.25, 0.3) is 0 Å². The van der Waals surface area contributed by atoms with Gasteiger partial charge in [-0.05, 0) is 45.9 Å². The number of hydrogen-bond acceptors (Lipinski definition) is 4. The molecule has 3 atom stereocenters. The van der Waals surface area contributed by atoms with Crippen LogP contribution < -0.4 is 10.6 Å². The van der Waals surface area contributed by atoms with Gasteiger partial charge in [-0.15, -0.1) is 24.0 Å². The molecule has 2 fully saturated rings. The minimum Gasteiger partial charge on any atom is -0.357 e. The Bertz CT molecular complexity index is 388. The van der Waals surface area contributed by atoms with E-state index in [9.17, 15) is 0 Å². The summed E-state index contributed by atoms with van der Waals surface area (Å²) in [5.41, 5.74) is 0. The Morgan fingerprint density at radius 2 is 1.92 bits per heavy atom. The first-order valence-electron chi connectivity index (χ1n) is 9.70. The third-order valence-corrected chi connectivity index (χ3v) is 6.49. The largest absolute Gasteiger partial charge is 0.357 e. The molecule has 2 aliphatic rings. The lowest BCUT2D eigenvalue weighted by Gasteiger charge is -2.37. The average Bonchev–Trinajstić information content (AvgIpc) is 3.07. The Balaban J connectivity index is 0.00000312. The molecule has 1 aliphatic carbocycles. The molecule has 1 saturated heterocycles. The molecule has 0 aromatic rings. The van der Waals surface area contributed by atoms with Gasteiger partial charge in [0.25, 0.3) is 0 Å². The SMILES string of the molecule is CCNC(=NCC(C)N1CCN(CC)CC1)NC1CCC(SC)C1.I. The van der Waals surface area contributed by atoms with Gasteiger partial charge in [-0.1, -0.05) is 6.92 Å². The number of aliphatic imine (C=N–C) groups is 1. The minimum atomic E-state index is 0. The number of halogens is 1. The zero-order valence-electron chi connectivity index (χ0n) is 16.5. The summed E-state index contributed by atoms with van der Waals surface area (Å²) in [7, 11) is 0. The van der Waals surface area contributed by atoms with E-state index in [0.717, 1.165) is 24.3 Å². The monoisotopic (exact) mass is 483 g/mol. The predicted molar refractivity (Wildman–Crippen MR) is 123 cm³/mol. The van der Waals surface area contributed by atoms with Crippen molar-refractivity contribution in [2.45, 2.75) is 57.4 Å². The highest BCUT2D eigenvalue weighted by atomic mass is 127. The van der Waals surface area contributed by atoms with E-state index in [1.54, 1.807) is 0 Å². The highest BCUT2D eigenvalue weighted by Crippen LogP contribution is 2.28. The minimum absolute atomic E-state index is 0. The third kappa shape index (κ3) is 7.81. The molecule has 25 heavy (non-hydrogen) atoms. The zero-order valence-corrected chi connectivity index (χ0v) is 19.6. The molecule has 0 aromatic carbocycles. The molecular weight excluding hydrogens is 445 g/mol. The van der Waals surface area contributed by atoms with E-state index in [0.29, 0.717) is 12.1 Å². The van der Waals surface area contributed by atoms with Crippen LogP contribution >= 0.6 is 35.7 Å². The lowest BCUT2D eigenvalue weighted by atomic mass is 10.2. The van der Waals surface area contributed by atoms with Crippen LogP contribution in [0.15, 0.2) is 4.99 Å². The molecule has 0 spiro atoms. The van der Waals surface area contributed by atoms with E-state index in [1.165, 1.54) is 52.0 Å². The smallest absolute Gasteiger partial charge is 0.191 e. The summed E-state index contributed by atoms with van der Waals surface area (Å²) in [6.07, 6.45) is 6.09. The maximum Gasteiger partial charge on any atom is 0.191 e. The van der Waals surface area contributed by atoms with Crippen molar-refractivity contribution in [2.75, 3.05) is 52.1 Å². The van der Waals surface area contributed by atoms with Crippen LogP contribution in [0, 0.1) is 0 Å². The van der Waals surface area contributed by atoms with Crippen molar-refractivity contribution in [1.82, 2.24) is 20.4 Å². The van der Waals surface area contributed by atoms with Crippen LogP contribution in [-0.4, -0.2) is 85.2 Å². The summed E-state index contributed by atoms with van der Waals surface area (Å²) in [5.74, 6) is 1.00. The first-order valence-corrected chi connectivity index (χ1v) is 11.0. The second-order valence-corrected chi connectivity index (χ2v) is 8.19. The summed E-state index contributed by atoms with van der Waals surface area (Å²) in [6, 6.07) is 1.10. The molecule has 0 bridgehead atoms. The van der Waals surface area contributed by atoms with Gasteiger partial charge in [0.1, 0.15) is 0 Å². The number of nitrogens with one attached hydrogen (secondary N) is 2. The van der Waals surface area contributed by atoms with Gasteiger partial charge in [-0.3, -0.25) is 9.89 Å². The van der Waals surface area contributed by atoms with Gasteiger partial charge in [0, 0.05) is 50.1 Å². The molecule has 5 nitrogen and oxygen atoms in total. The quantitative estimate of drug-likeness (QED) is 0.331. The van der Waals surface area contributed by atoms with Gasteiger partial charge < -0.3 is 15.5 Å². The normalized spacial score (nSPS) is 27.0. The number of nitrogens with zero attached hydrogens (tertiary/aromatic N) is 3. The van der Waals surface area contributed by atoms with Crippen molar-refractivity contribution < 1.29 is 0 Å². The summed E-state index contributed by atoms with van der Waals surface area (Å²) in [5, 5.41) is 7.90. The lowest BCUT2D eigenvalue weighted by Crippen LogP contribution is -2.50. The van der Waals surface area contributed by atoms with Crippen LogP contribution in [0.4, 0.5) is 0 Å². The molecular formula is C18H38IN5S. The standard InChI is InChI=1S/C18H37N5S.HI/c1-5-19-18(21-16-7-8-17(13-16)24-4)20-14-15(3)23-11-9-22(6-2)10-12-23;/h15-17H,5-14H2,1-4H3,(H2,19,20,21);1H. The lowest BCUT2D eigenvalue weighted by molar-refractivity contribution is 0.109. The average molecular weight is 484 g/mol. The van der Waals surface area contributed by atoms with E-state index < -0.39 is 0 Å². The van der Waals surface area contributed by atoms with Gasteiger partial charge >= 0.3 is 0 Å². The molecule has 1 saturated carbocycles. The van der Waals surface area contributed by atoms with E-state index in [2.05, 4.69) is 47.5 Å². The molecule has 1 aliphatic heterocycles. The summed E-state index contributed by atoms with van der Waals surface area (Å²) >= 11 is 2.00. The third-order valence-electron chi connectivity index (χ3n) is 5.39. The van der Waals surface area contributed by atoms with E-state index in [-0.39, 0.29) is 24.0 Å². The van der Waals surface area contributed by atoms with Crippen LogP contribution in [0.5, 0.6) is 0 Å². The molecule has 2 N–H and O–H groups in total. The summed E-state index contributed by atoms with van der Waals surface area (Å²) in [6.45, 7) is 14.4. The number of guanidine groups is 1. The number of hydrogen-bond donors (Lipinski definition) is 2. The van der Waals surface area contributed by atoms with Gasteiger partial charge in [-0.25, -0.2) is 0 Å². The van der Waals surface area contributed by atoms with Crippen molar-refractivity contribution in [3.8, 4) is 0 Å². The Hall–Kier alpha value is 0.270. The van der Waals surface area contributed by atoms with E-state index in [1.807, 2.05) is 11.8 Å². The molecule has 0 aromatic heterocycles. The number of likely N-dealkylation sites (N-methyl/N-ethyl adjacent to an activating group) is 1. The fraction of sp³-hybridized carbons (Fsp3) is 0.944. The van der Waals surface area contributed by atoms with Gasteiger partial charge in [0.15, 0.2) is 5.96 Å². The van der Waals surface area contributed by atoms with Crippen LogP contribution in [0.1, 0.15) is 40.0 Å². The summed E-state index contributed by atoms with van der Waals surface area (Å²) in [4.78, 5) is 9.98. The predicted octanol–water partition coefficient (Wildman–Crippen LogP) is 2.47. The Labute approximate surface area is 176 Å². The van der Waals surface area contributed by atoms with Crippen LogP contribution in [-0.2, 0) is 0 Å². The van der Waals surface area contributed by atoms with Crippen molar-refractivity contribution in [3.05, 3.63) is 0 Å². The van der Waals surface area contributed by atoms with Gasteiger partial charge in [0.2, 0.25) is 0 Å². The maximum absolute atomic E-state index is 4.87. The number of thioether (sulfide) groups is 1. The first kappa shape index (κ1) is 23.3. The fourth-order valence-electron chi connectivity index (χ4n) is 3.66. The molecule has 2 rings (SSSR count). The fourth-order valence-corrected chi connectivity index (χ4v) is 4.45. The highest BCUT2D eigenvalue weighted by molar-refractivity contribution is 14.0. The van der Waals surface area contributed by atoms with Crippen LogP contribution in [0.3, 0.4) is 0 Å². The summed E-state index contributed by atoms with van der Waals surface area (Å²) < 4.78 is 0. The first-order chi connectivity index (χ1) is 11.7. The second-order valence-electron chi connectivity index (χ2n) is 7.05. The number of piperazine rings is 1. The van der Waals surface area contributed by atoms with Crippen molar-refractivity contribution >= 4 is 41.7 Å². The Morgan fingerprint density at radius 1 is 1.20 bits per heavy atom. The topological polar surface area (TPSA) is 42.9 Å². The van der Waals surface area contributed by atoms with Crippen molar-refractivity contribution in [2.24, 2.45) is 4.99 Å². The van der Waals surface area contributed by atoms with E-state index in [4.69, 9.17) is 4.99 Å². The number of rotatable bonds is 7. The van der Waals surface area contributed by atoms with Crippen molar-refractivity contribution in [1.29, 1.82) is 0 Å². The Kier molecular flexibility index (Phi) is 11.8. The molecule has 0 amide bonds. The van der Waals surface area contributed by atoms with E-state index >= 15 is 0 Å². The molecule has 3 unspecified atom stereocenters.